The zero-order valence-electron chi connectivity index (χ0n) is 8.58. The zero-order valence-corrected chi connectivity index (χ0v) is 9.40. The van der Waals surface area contributed by atoms with Gasteiger partial charge in [0.2, 0.25) is 0 Å². The van der Waals surface area contributed by atoms with Crippen LogP contribution in [0, 0.1) is 11.6 Å². The van der Waals surface area contributed by atoms with Crippen LogP contribution in [0.5, 0.6) is 0 Å². The predicted octanol–water partition coefficient (Wildman–Crippen LogP) is 2.26. The van der Waals surface area contributed by atoms with Gasteiger partial charge in [-0.1, -0.05) is 6.07 Å². The number of carbonyl (C=O) groups is 1. The highest BCUT2D eigenvalue weighted by atomic mass is 32.2. The van der Waals surface area contributed by atoms with Crippen LogP contribution in [0.2, 0.25) is 0 Å². The van der Waals surface area contributed by atoms with E-state index in [0.29, 0.717) is 12.2 Å². The third-order valence-corrected chi connectivity index (χ3v) is 2.97. The molecule has 0 aliphatic heterocycles. The number of Topliss-reactive ketones (excluding diaryl/α,β-unsaturated/α-hetero) is 1. The largest absolute Gasteiger partial charge is 0.396 e. The first-order valence-electron chi connectivity index (χ1n) is 4.82. The van der Waals surface area contributed by atoms with Crippen LogP contribution in [0.1, 0.15) is 16.8 Å². The normalized spacial score (nSPS) is 10.4. The Balaban J connectivity index is 2.59. The maximum absolute atomic E-state index is 13.2. The monoisotopic (exact) mass is 246 g/mol. The lowest BCUT2D eigenvalue weighted by molar-refractivity contribution is 0.101. The lowest BCUT2D eigenvalue weighted by Gasteiger charge is -2.03. The molecule has 16 heavy (non-hydrogen) atoms. The fourth-order valence-electron chi connectivity index (χ4n) is 1.17. The van der Waals surface area contributed by atoms with Crippen LogP contribution < -0.4 is 0 Å². The summed E-state index contributed by atoms with van der Waals surface area (Å²) in [7, 11) is 0. The Bertz CT molecular complexity index is 349. The average Bonchev–Trinajstić information content (AvgIpc) is 2.24. The van der Waals surface area contributed by atoms with Crippen molar-refractivity contribution >= 4 is 17.5 Å². The molecule has 5 heteroatoms. The number of aliphatic hydroxyl groups is 1. The van der Waals surface area contributed by atoms with Crippen LogP contribution >= 0.6 is 11.8 Å². The molecule has 88 valence electrons. The summed E-state index contributed by atoms with van der Waals surface area (Å²) in [4.78, 5) is 11.5. The second-order valence-corrected chi connectivity index (χ2v) is 4.25. The van der Waals surface area contributed by atoms with Crippen molar-refractivity contribution in [1.29, 1.82) is 0 Å². The van der Waals surface area contributed by atoms with Gasteiger partial charge in [0, 0.05) is 6.61 Å². The van der Waals surface area contributed by atoms with E-state index in [0.717, 1.165) is 12.1 Å². The molecule has 0 unspecified atom stereocenters. The lowest BCUT2D eigenvalue weighted by Crippen LogP contribution is -2.09. The molecule has 0 radical (unpaired) electrons. The molecule has 0 spiro atoms. The Hall–Kier alpha value is -0.940. The van der Waals surface area contributed by atoms with Gasteiger partial charge in [-0.25, -0.2) is 8.78 Å². The first-order chi connectivity index (χ1) is 7.66. The van der Waals surface area contributed by atoms with E-state index >= 15 is 0 Å². The highest BCUT2D eigenvalue weighted by Crippen LogP contribution is 2.15. The van der Waals surface area contributed by atoms with Crippen LogP contribution in [0.25, 0.3) is 0 Å². The van der Waals surface area contributed by atoms with Gasteiger partial charge in [0.1, 0.15) is 11.6 Å². The molecule has 1 aromatic rings. The van der Waals surface area contributed by atoms with Crippen molar-refractivity contribution in [2.45, 2.75) is 6.42 Å². The molecule has 0 aliphatic rings. The molecule has 1 rings (SSSR count). The van der Waals surface area contributed by atoms with Crippen molar-refractivity contribution < 1.29 is 18.7 Å². The van der Waals surface area contributed by atoms with Crippen LogP contribution in [0.15, 0.2) is 18.2 Å². The highest BCUT2D eigenvalue weighted by Gasteiger charge is 2.16. The Morgan fingerprint density at radius 2 is 1.94 bits per heavy atom. The number of hydrogen-bond donors (Lipinski definition) is 1. The molecule has 1 aromatic carbocycles. The summed E-state index contributed by atoms with van der Waals surface area (Å²) in [5.74, 6) is -1.59. The third kappa shape index (κ3) is 3.57. The van der Waals surface area contributed by atoms with E-state index < -0.39 is 23.0 Å². The van der Waals surface area contributed by atoms with Crippen LogP contribution in [-0.2, 0) is 0 Å². The van der Waals surface area contributed by atoms with Gasteiger partial charge in [-0.05, 0) is 24.3 Å². The van der Waals surface area contributed by atoms with Gasteiger partial charge in [0.15, 0.2) is 5.78 Å². The Morgan fingerprint density at radius 1 is 1.31 bits per heavy atom. The molecule has 0 aromatic heterocycles. The number of ketones is 1. The van der Waals surface area contributed by atoms with E-state index in [2.05, 4.69) is 0 Å². The number of benzene rings is 1. The molecule has 1 N–H and O–H groups in total. The Morgan fingerprint density at radius 3 is 2.50 bits per heavy atom. The maximum atomic E-state index is 13.2. The molecule has 0 saturated heterocycles. The van der Waals surface area contributed by atoms with Crippen molar-refractivity contribution in [2.75, 3.05) is 18.1 Å². The number of halogens is 2. The molecule has 0 fully saturated rings. The number of aliphatic hydroxyl groups excluding tert-OH is 1. The summed E-state index contributed by atoms with van der Waals surface area (Å²) >= 11 is 1.26. The van der Waals surface area contributed by atoms with Crippen LogP contribution in [0.4, 0.5) is 8.78 Å². The molecule has 0 bridgehead atoms. The predicted molar refractivity (Wildman–Crippen MR) is 59.7 cm³/mol. The molecule has 0 amide bonds. The standard InChI is InChI=1S/C11H12F2O2S/c12-8-3-1-4-9(13)11(8)10(15)7-16-6-2-5-14/h1,3-4,14H,2,5-7H2. The van der Waals surface area contributed by atoms with Gasteiger partial charge in [-0.3, -0.25) is 4.79 Å². The molecule has 0 aliphatic carbocycles. The van der Waals surface area contributed by atoms with E-state index in [4.69, 9.17) is 5.11 Å². The topological polar surface area (TPSA) is 37.3 Å². The van der Waals surface area contributed by atoms with Gasteiger partial charge >= 0.3 is 0 Å². The van der Waals surface area contributed by atoms with E-state index in [1.54, 1.807) is 0 Å². The molecule has 0 atom stereocenters. The summed E-state index contributed by atoms with van der Waals surface area (Å²) in [6, 6.07) is 3.35. The zero-order chi connectivity index (χ0) is 12.0. The van der Waals surface area contributed by atoms with Crippen LogP contribution in [-0.4, -0.2) is 29.0 Å². The number of thioether (sulfide) groups is 1. The van der Waals surface area contributed by atoms with E-state index in [1.807, 2.05) is 0 Å². The van der Waals surface area contributed by atoms with E-state index in [9.17, 15) is 13.6 Å². The maximum Gasteiger partial charge on any atom is 0.178 e. The summed E-state index contributed by atoms with van der Waals surface area (Å²) in [5.41, 5.74) is -0.473. The molecular formula is C11H12F2O2S. The molecule has 0 heterocycles. The fourth-order valence-corrected chi connectivity index (χ4v) is 1.98. The second-order valence-electron chi connectivity index (χ2n) is 3.15. The summed E-state index contributed by atoms with van der Waals surface area (Å²) < 4.78 is 26.3. The van der Waals surface area contributed by atoms with Gasteiger partial charge in [-0.15, -0.1) is 0 Å². The number of carbonyl (C=O) groups excluding carboxylic acids is 1. The van der Waals surface area contributed by atoms with Crippen molar-refractivity contribution in [3.05, 3.63) is 35.4 Å². The molecular weight excluding hydrogens is 234 g/mol. The minimum atomic E-state index is -0.826. The average molecular weight is 246 g/mol. The first kappa shape index (κ1) is 13.1. The minimum absolute atomic E-state index is 0.0256. The van der Waals surface area contributed by atoms with Gasteiger partial charge in [0.25, 0.3) is 0 Å². The van der Waals surface area contributed by atoms with Crippen molar-refractivity contribution in [3.63, 3.8) is 0 Å². The van der Waals surface area contributed by atoms with Crippen molar-refractivity contribution in [1.82, 2.24) is 0 Å². The minimum Gasteiger partial charge on any atom is -0.396 e. The highest BCUT2D eigenvalue weighted by molar-refractivity contribution is 7.99. The quantitative estimate of drug-likeness (QED) is 0.618. The Kier molecular flexibility index (Phi) is 5.42. The van der Waals surface area contributed by atoms with E-state index in [1.165, 1.54) is 17.8 Å². The molecule has 0 saturated carbocycles. The summed E-state index contributed by atoms with van der Waals surface area (Å²) in [6.45, 7) is 0.0508. The summed E-state index contributed by atoms with van der Waals surface area (Å²) in [6.07, 6.45) is 0.567. The van der Waals surface area contributed by atoms with Crippen molar-refractivity contribution in [3.8, 4) is 0 Å². The van der Waals surface area contributed by atoms with Gasteiger partial charge < -0.3 is 5.11 Å². The fraction of sp³-hybridized carbons (Fsp3) is 0.364. The third-order valence-electron chi connectivity index (χ3n) is 1.92. The second kappa shape index (κ2) is 6.60. The lowest BCUT2D eigenvalue weighted by atomic mass is 10.1. The van der Waals surface area contributed by atoms with Gasteiger partial charge in [0.05, 0.1) is 11.3 Å². The van der Waals surface area contributed by atoms with Gasteiger partial charge in [-0.2, -0.15) is 11.8 Å². The molecule has 2 nitrogen and oxygen atoms in total. The first-order valence-corrected chi connectivity index (χ1v) is 5.98. The smallest absolute Gasteiger partial charge is 0.178 e. The Labute approximate surface area is 96.7 Å². The van der Waals surface area contributed by atoms with E-state index in [-0.39, 0.29) is 12.4 Å². The number of hydrogen-bond acceptors (Lipinski definition) is 3. The number of rotatable bonds is 6. The van der Waals surface area contributed by atoms with Crippen molar-refractivity contribution in [2.24, 2.45) is 0 Å². The van der Waals surface area contributed by atoms with Crippen LogP contribution in [0.3, 0.4) is 0 Å². The summed E-state index contributed by atoms with van der Waals surface area (Å²) in [5, 5.41) is 8.52. The SMILES string of the molecule is O=C(CSCCCO)c1c(F)cccc1F.